The van der Waals surface area contributed by atoms with Crippen LogP contribution in [0.25, 0.3) is 11.0 Å². The van der Waals surface area contributed by atoms with Gasteiger partial charge in [-0.2, -0.15) is 0 Å². The summed E-state index contributed by atoms with van der Waals surface area (Å²) >= 11 is 0. The molecule has 0 saturated carbocycles. The lowest BCUT2D eigenvalue weighted by Crippen LogP contribution is -2.30. The van der Waals surface area contributed by atoms with Crippen molar-refractivity contribution in [2.75, 3.05) is 25.5 Å². The normalized spacial score (nSPS) is 13.0. The molecule has 138 valence electrons. The molecule has 7 nitrogen and oxygen atoms in total. The van der Waals surface area contributed by atoms with Crippen LogP contribution in [0.2, 0.25) is 0 Å². The number of nitrogens with zero attached hydrogens (tertiary/aromatic N) is 1. The summed E-state index contributed by atoms with van der Waals surface area (Å²) in [6.07, 6.45) is 4.93. The highest BCUT2D eigenvalue weighted by Gasteiger charge is 2.22. The fourth-order valence-corrected chi connectivity index (χ4v) is 3.33. The number of hydrogen-bond donors (Lipinski definition) is 4. The van der Waals surface area contributed by atoms with Crippen LogP contribution in [0.15, 0.2) is 41.1 Å². The number of anilines is 2. The fourth-order valence-electron chi connectivity index (χ4n) is 3.33. The van der Waals surface area contributed by atoms with Crippen molar-refractivity contribution in [2.24, 2.45) is 0 Å². The zero-order valence-corrected chi connectivity index (χ0v) is 15.1. The number of furan rings is 1. The third-order valence-corrected chi connectivity index (χ3v) is 4.70. The number of aryl methyl sites for hydroxylation is 1. The van der Waals surface area contributed by atoms with E-state index in [4.69, 9.17) is 9.83 Å². The van der Waals surface area contributed by atoms with Gasteiger partial charge in [0.2, 0.25) is 5.76 Å². The Morgan fingerprint density at radius 1 is 1.26 bits per heavy atom. The number of benzene rings is 1. The van der Waals surface area contributed by atoms with Crippen molar-refractivity contribution in [3.05, 3.63) is 53.5 Å². The summed E-state index contributed by atoms with van der Waals surface area (Å²) in [5.41, 5.74) is 4.89. The van der Waals surface area contributed by atoms with Crippen molar-refractivity contribution in [2.45, 2.75) is 12.8 Å². The SMILES string of the molecule is CNCCNC(=O)c1oc2cnccc2c1Nc1ccc2c(c1)CCC2=N. The Morgan fingerprint density at radius 3 is 3.00 bits per heavy atom. The standard InChI is InChI=1S/C20H21N5O2/c1-22-8-9-24-20(26)19-18(15-6-7-23-11-17(15)27-19)25-13-3-4-14-12(10-13)2-5-16(14)21/h3-4,6-7,10-11,21-22,25H,2,5,8-9H2,1H3,(H,24,26). The van der Waals surface area contributed by atoms with E-state index in [1.165, 1.54) is 0 Å². The highest BCUT2D eigenvalue weighted by atomic mass is 16.3. The molecule has 0 radical (unpaired) electrons. The molecule has 4 N–H and O–H groups in total. The predicted molar refractivity (Wildman–Crippen MR) is 105 cm³/mol. The highest BCUT2D eigenvalue weighted by Crippen LogP contribution is 2.34. The molecule has 1 aromatic carbocycles. The number of hydrogen-bond acceptors (Lipinski definition) is 6. The van der Waals surface area contributed by atoms with Crippen molar-refractivity contribution in [1.29, 1.82) is 5.41 Å². The molecule has 0 aliphatic heterocycles. The summed E-state index contributed by atoms with van der Waals surface area (Å²) in [6, 6.07) is 7.76. The Hall–Kier alpha value is -3.19. The molecular weight excluding hydrogens is 342 g/mol. The Balaban J connectivity index is 1.69. The van der Waals surface area contributed by atoms with E-state index in [2.05, 4.69) is 20.9 Å². The molecule has 0 unspecified atom stereocenters. The molecule has 0 spiro atoms. The average molecular weight is 363 g/mol. The van der Waals surface area contributed by atoms with Gasteiger partial charge in [-0.1, -0.05) is 6.07 Å². The first kappa shape index (κ1) is 17.2. The zero-order valence-electron chi connectivity index (χ0n) is 15.1. The summed E-state index contributed by atoms with van der Waals surface area (Å²) in [7, 11) is 1.83. The van der Waals surface area contributed by atoms with Gasteiger partial charge in [-0.25, -0.2) is 0 Å². The number of carbonyl (C=O) groups excluding carboxylic acids is 1. The minimum Gasteiger partial charge on any atom is -0.447 e. The molecule has 3 aromatic rings. The zero-order chi connectivity index (χ0) is 18.8. The van der Waals surface area contributed by atoms with Crippen LogP contribution >= 0.6 is 0 Å². The summed E-state index contributed by atoms with van der Waals surface area (Å²) in [6.45, 7) is 1.18. The monoisotopic (exact) mass is 363 g/mol. The maximum atomic E-state index is 12.6. The maximum absolute atomic E-state index is 12.6. The van der Waals surface area contributed by atoms with E-state index in [1.54, 1.807) is 12.4 Å². The number of likely N-dealkylation sites (N-methyl/N-ethyl adjacent to an activating group) is 1. The summed E-state index contributed by atoms with van der Waals surface area (Å²) in [5, 5.41) is 18.0. The van der Waals surface area contributed by atoms with Crippen LogP contribution in [0, 0.1) is 5.41 Å². The van der Waals surface area contributed by atoms with E-state index < -0.39 is 0 Å². The summed E-state index contributed by atoms with van der Waals surface area (Å²) < 4.78 is 5.78. The number of fused-ring (bicyclic) bond motifs is 2. The van der Waals surface area contributed by atoms with E-state index in [0.29, 0.717) is 30.1 Å². The summed E-state index contributed by atoms with van der Waals surface area (Å²) in [4.78, 5) is 16.7. The molecule has 4 rings (SSSR count). The second kappa shape index (κ2) is 7.20. The van der Waals surface area contributed by atoms with Gasteiger partial charge in [-0.05, 0) is 49.2 Å². The molecule has 7 heteroatoms. The number of carbonyl (C=O) groups is 1. The van der Waals surface area contributed by atoms with Crippen molar-refractivity contribution < 1.29 is 9.21 Å². The molecule has 0 saturated heterocycles. The fraction of sp³-hybridized carbons (Fsp3) is 0.250. The molecule has 1 amide bonds. The Labute approximate surface area is 156 Å². The van der Waals surface area contributed by atoms with E-state index >= 15 is 0 Å². The van der Waals surface area contributed by atoms with Crippen LogP contribution in [-0.4, -0.2) is 36.7 Å². The van der Waals surface area contributed by atoms with Crippen molar-refractivity contribution in [3.63, 3.8) is 0 Å². The van der Waals surface area contributed by atoms with Gasteiger partial charge in [-0.3, -0.25) is 9.78 Å². The number of aromatic nitrogens is 1. The van der Waals surface area contributed by atoms with Gasteiger partial charge < -0.3 is 25.8 Å². The van der Waals surface area contributed by atoms with E-state index in [9.17, 15) is 4.79 Å². The Morgan fingerprint density at radius 2 is 2.15 bits per heavy atom. The Bertz CT molecular complexity index is 1020. The lowest BCUT2D eigenvalue weighted by molar-refractivity contribution is 0.0930. The van der Waals surface area contributed by atoms with E-state index in [-0.39, 0.29) is 11.7 Å². The third-order valence-electron chi connectivity index (χ3n) is 4.70. The molecular formula is C20H21N5O2. The van der Waals surface area contributed by atoms with Gasteiger partial charge in [-0.15, -0.1) is 0 Å². The number of nitrogens with one attached hydrogen (secondary N) is 4. The molecule has 0 bridgehead atoms. The third kappa shape index (κ3) is 3.29. The molecule has 1 aliphatic rings. The van der Waals surface area contributed by atoms with Crippen LogP contribution in [0.3, 0.4) is 0 Å². The van der Waals surface area contributed by atoms with Crippen LogP contribution in [0.4, 0.5) is 11.4 Å². The van der Waals surface area contributed by atoms with Crippen LogP contribution < -0.4 is 16.0 Å². The first-order valence-electron chi connectivity index (χ1n) is 8.94. The molecule has 2 aromatic heterocycles. The van der Waals surface area contributed by atoms with Crippen LogP contribution in [-0.2, 0) is 6.42 Å². The molecule has 2 heterocycles. The van der Waals surface area contributed by atoms with E-state index in [0.717, 1.165) is 35.0 Å². The Kier molecular flexibility index (Phi) is 4.60. The average Bonchev–Trinajstić information content (AvgIpc) is 3.23. The van der Waals surface area contributed by atoms with E-state index in [1.807, 2.05) is 31.3 Å². The van der Waals surface area contributed by atoms with Gasteiger partial charge in [0, 0.05) is 36.1 Å². The largest absolute Gasteiger partial charge is 0.447 e. The van der Waals surface area contributed by atoms with Crippen molar-refractivity contribution in [3.8, 4) is 0 Å². The lowest BCUT2D eigenvalue weighted by Gasteiger charge is -2.10. The van der Waals surface area contributed by atoms with Crippen molar-refractivity contribution in [1.82, 2.24) is 15.6 Å². The van der Waals surface area contributed by atoms with Gasteiger partial charge >= 0.3 is 0 Å². The topological polar surface area (TPSA) is 103 Å². The first-order valence-corrected chi connectivity index (χ1v) is 8.94. The lowest BCUT2D eigenvalue weighted by atomic mass is 10.1. The molecule has 27 heavy (non-hydrogen) atoms. The second-order valence-electron chi connectivity index (χ2n) is 6.51. The quantitative estimate of drug-likeness (QED) is 0.504. The van der Waals surface area contributed by atoms with Gasteiger partial charge in [0.25, 0.3) is 5.91 Å². The molecule has 0 fully saturated rings. The van der Waals surface area contributed by atoms with Crippen LogP contribution in [0.1, 0.15) is 28.1 Å². The number of amides is 1. The maximum Gasteiger partial charge on any atom is 0.289 e. The van der Waals surface area contributed by atoms with Crippen LogP contribution in [0.5, 0.6) is 0 Å². The smallest absolute Gasteiger partial charge is 0.289 e. The van der Waals surface area contributed by atoms with Gasteiger partial charge in [0.15, 0.2) is 5.58 Å². The summed E-state index contributed by atoms with van der Waals surface area (Å²) in [5.74, 6) is -0.0331. The van der Waals surface area contributed by atoms with Gasteiger partial charge in [0.1, 0.15) is 0 Å². The molecule has 0 atom stereocenters. The highest BCUT2D eigenvalue weighted by molar-refractivity contribution is 6.07. The van der Waals surface area contributed by atoms with Crippen molar-refractivity contribution >= 4 is 34.0 Å². The first-order chi connectivity index (χ1) is 13.2. The second-order valence-corrected chi connectivity index (χ2v) is 6.51. The minimum absolute atomic E-state index is 0.238. The van der Waals surface area contributed by atoms with Gasteiger partial charge in [0.05, 0.1) is 11.9 Å². The number of pyridine rings is 1. The number of rotatable bonds is 6. The minimum atomic E-state index is -0.271. The molecule has 1 aliphatic carbocycles. The predicted octanol–water partition coefficient (Wildman–Crippen LogP) is 2.83.